The number of nitrogens with one attached hydrogen (secondary N) is 1. The van der Waals surface area contributed by atoms with Gasteiger partial charge < -0.3 is 10.2 Å². The van der Waals surface area contributed by atoms with E-state index in [4.69, 9.17) is 0 Å². The van der Waals surface area contributed by atoms with Gasteiger partial charge in [-0.15, -0.1) is 0 Å². The largest absolute Gasteiger partial charge is 0.410 e. The van der Waals surface area contributed by atoms with Crippen LogP contribution in [0.25, 0.3) is 0 Å². The van der Waals surface area contributed by atoms with Crippen LogP contribution in [0, 0.1) is 11.8 Å². The van der Waals surface area contributed by atoms with Gasteiger partial charge in [0.2, 0.25) is 5.91 Å². The van der Waals surface area contributed by atoms with Gasteiger partial charge in [-0.3, -0.25) is 4.79 Å². The summed E-state index contributed by atoms with van der Waals surface area (Å²) in [6.07, 6.45) is -1.17. The number of amides is 1. The molecule has 0 spiro atoms. The van der Waals surface area contributed by atoms with Crippen molar-refractivity contribution in [2.24, 2.45) is 11.8 Å². The lowest BCUT2D eigenvalue weighted by Gasteiger charge is -2.32. The number of anilines is 1. The number of fused-ring (bicyclic) bond motifs is 1. The molecule has 5 atom stereocenters. The first-order valence-electron chi connectivity index (χ1n) is 9.52. The molecule has 3 heterocycles. The second kappa shape index (κ2) is 6.16. The van der Waals surface area contributed by atoms with Gasteiger partial charge in [0.05, 0.1) is 11.7 Å². The van der Waals surface area contributed by atoms with Crippen LogP contribution in [0.3, 0.4) is 0 Å². The highest BCUT2D eigenvalue weighted by Gasteiger charge is 2.48. The molecule has 1 saturated carbocycles. The molecule has 0 aromatic carbocycles. The van der Waals surface area contributed by atoms with E-state index in [0.29, 0.717) is 30.4 Å². The van der Waals surface area contributed by atoms with Crippen LogP contribution < -0.4 is 5.32 Å². The first-order chi connectivity index (χ1) is 12.3. The molecular weight excluding hydrogens is 345 g/mol. The number of carbonyl (C=O) groups excluding carboxylic acids is 1. The minimum atomic E-state index is -4.33. The summed E-state index contributed by atoms with van der Waals surface area (Å²) in [4.78, 5) is 14.5. The number of carbonyl (C=O) groups is 1. The van der Waals surface area contributed by atoms with Gasteiger partial charge >= 0.3 is 6.18 Å². The zero-order valence-corrected chi connectivity index (χ0v) is 15.1. The maximum Gasteiger partial charge on any atom is 0.410 e. The van der Waals surface area contributed by atoms with Crippen molar-refractivity contribution in [3.63, 3.8) is 0 Å². The number of hydrogen-bond acceptors (Lipinski definition) is 3. The molecule has 0 bridgehead atoms. The Balaban J connectivity index is 1.62. The number of alkyl halides is 3. The number of hydrogen-bond donors (Lipinski definition) is 1. The van der Waals surface area contributed by atoms with E-state index >= 15 is 0 Å². The third-order valence-electron chi connectivity index (χ3n) is 6.08. The Morgan fingerprint density at radius 3 is 2.73 bits per heavy atom. The number of halogens is 3. The van der Waals surface area contributed by atoms with E-state index in [1.54, 1.807) is 6.07 Å². The van der Waals surface area contributed by atoms with Gasteiger partial charge in [0.1, 0.15) is 5.82 Å². The van der Waals surface area contributed by atoms with E-state index in [1.807, 2.05) is 11.8 Å². The molecule has 1 amide bonds. The van der Waals surface area contributed by atoms with Crippen molar-refractivity contribution >= 4 is 11.7 Å². The second-order valence-corrected chi connectivity index (χ2v) is 7.95. The quantitative estimate of drug-likeness (QED) is 0.878. The van der Waals surface area contributed by atoms with Gasteiger partial charge in [0.25, 0.3) is 0 Å². The van der Waals surface area contributed by atoms with E-state index in [2.05, 4.69) is 17.3 Å². The maximum atomic E-state index is 13.5. The van der Waals surface area contributed by atoms with Crippen LogP contribution in [-0.2, 0) is 4.79 Å². The van der Waals surface area contributed by atoms with Crippen LogP contribution >= 0.6 is 0 Å². The lowest BCUT2D eigenvalue weighted by atomic mass is 10.0. The molecule has 1 N–H and O–H groups in total. The van der Waals surface area contributed by atoms with Gasteiger partial charge in [-0.25, -0.2) is 4.68 Å². The number of likely N-dealkylation sites (tertiary alicyclic amines) is 1. The Morgan fingerprint density at radius 2 is 2.12 bits per heavy atom. The highest BCUT2D eigenvalue weighted by Crippen LogP contribution is 2.45. The number of aromatic nitrogens is 2. The average Bonchev–Trinajstić information content (AvgIpc) is 3.01. The van der Waals surface area contributed by atoms with Gasteiger partial charge in [0.15, 0.2) is 6.04 Å². The van der Waals surface area contributed by atoms with E-state index in [1.165, 1.54) is 0 Å². The van der Waals surface area contributed by atoms with Gasteiger partial charge in [-0.2, -0.15) is 18.3 Å². The molecule has 3 aliphatic rings. The molecular formula is C18H25F3N4O. The molecule has 4 rings (SSSR count). The van der Waals surface area contributed by atoms with Crippen molar-refractivity contribution in [3.8, 4) is 0 Å². The van der Waals surface area contributed by atoms with Crippen molar-refractivity contribution < 1.29 is 18.0 Å². The van der Waals surface area contributed by atoms with E-state index in [-0.39, 0.29) is 30.3 Å². The first kappa shape index (κ1) is 17.7. The lowest BCUT2D eigenvalue weighted by molar-refractivity contribution is -0.173. The number of rotatable bonds is 3. The van der Waals surface area contributed by atoms with Crippen LogP contribution in [0.4, 0.5) is 19.0 Å². The molecule has 1 aromatic heterocycles. The molecule has 144 valence electrons. The molecule has 1 aromatic rings. The summed E-state index contributed by atoms with van der Waals surface area (Å²) in [5.74, 6) is 1.05. The van der Waals surface area contributed by atoms with Crippen LogP contribution in [0.2, 0.25) is 0 Å². The highest BCUT2D eigenvalue weighted by molar-refractivity contribution is 5.82. The van der Waals surface area contributed by atoms with Crippen LogP contribution in [0.1, 0.15) is 63.7 Å². The van der Waals surface area contributed by atoms with Crippen molar-refractivity contribution in [1.29, 1.82) is 0 Å². The van der Waals surface area contributed by atoms with Crippen molar-refractivity contribution in [3.05, 3.63) is 11.8 Å². The molecule has 5 nitrogen and oxygen atoms in total. The first-order valence-corrected chi connectivity index (χ1v) is 9.52. The zero-order chi connectivity index (χ0) is 18.6. The molecule has 1 saturated heterocycles. The Morgan fingerprint density at radius 1 is 1.38 bits per heavy atom. The summed E-state index contributed by atoms with van der Waals surface area (Å²) < 4.78 is 41.7. The summed E-state index contributed by atoms with van der Waals surface area (Å²) in [7, 11) is 0. The highest BCUT2D eigenvalue weighted by atomic mass is 19.4. The van der Waals surface area contributed by atoms with Crippen molar-refractivity contribution in [2.45, 2.75) is 70.3 Å². The average molecular weight is 370 g/mol. The topological polar surface area (TPSA) is 50.2 Å². The Hall–Kier alpha value is -1.73. The maximum absolute atomic E-state index is 13.5. The van der Waals surface area contributed by atoms with Crippen molar-refractivity contribution in [2.75, 3.05) is 11.9 Å². The van der Waals surface area contributed by atoms with Crippen LogP contribution in [0.15, 0.2) is 6.07 Å². The molecule has 2 fully saturated rings. The van der Waals surface area contributed by atoms with E-state index in [0.717, 1.165) is 23.9 Å². The third-order valence-corrected chi connectivity index (χ3v) is 6.08. The Bertz CT molecular complexity index is 701. The Kier molecular flexibility index (Phi) is 4.19. The summed E-state index contributed by atoms with van der Waals surface area (Å²) in [6.45, 7) is 4.61. The van der Waals surface area contributed by atoms with Gasteiger partial charge in [-0.05, 0) is 38.0 Å². The minimum absolute atomic E-state index is 0.0129. The summed E-state index contributed by atoms with van der Waals surface area (Å²) in [5.41, 5.74) is 0.581. The fourth-order valence-electron chi connectivity index (χ4n) is 4.32. The molecule has 8 heteroatoms. The van der Waals surface area contributed by atoms with E-state index < -0.39 is 12.2 Å². The van der Waals surface area contributed by atoms with Crippen molar-refractivity contribution in [1.82, 2.24) is 14.7 Å². The molecule has 0 unspecified atom stereocenters. The Labute approximate surface area is 150 Å². The predicted octanol–water partition coefficient (Wildman–Crippen LogP) is 3.90. The fraction of sp³-hybridized carbons (Fsp3) is 0.778. The van der Waals surface area contributed by atoms with Crippen LogP contribution in [-0.4, -0.2) is 39.4 Å². The van der Waals surface area contributed by atoms with Gasteiger partial charge in [-0.1, -0.05) is 13.8 Å². The molecule has 0 radical (unpaired) electrons. The summed E-state index contributed by atoms with van der Waals surface area (Å²) in [6, 6.07) is -0.310. The molecule has 2 aliphatic heterocycles. The fourth-order valence-corrected chi connectivity index (χ4v) is 4.32. The molecule has 26 heavy (non-hydrogen) atoms. The molecule has 1 aliphatic carbocycles. The lowest BCUT2D eigenvalue weighted by Crippen LogP contribution is -2.39. The SMILES string of the molecule is CC[C@@H]1C[C@H](C(F)(F)F)n2nc([C@@H]3CCCN3C(=O)[C@H]3C[C@H]3C)cc2N1. The minimum Gasteiger partial charge on any atom is -0.367 e. The summed E-state index contributed by atoms with van der Waals surface area (Å²) in [5, 5.41) is 7.50. The monoisotopic (exact) mass is 370 g/mol. The smallest absolute Gasteiger partial charge is 0.367 e. The summed E-state index contributed by atoms with van der Waals surface area (Å²) >= 11 is 0. The third kappa shape index (κ3) is 2.97. The van der Waals surface area contributed by atoms with Gasteiger partial charge in [0, 0.05) is 24.6 Å². The zero-order valence-electron chi connectivity index (χ0n) is 15.1. The second-order valence-electron chi connectivity index (χ2n) is 7.95. The van der Waals surface area contributed by atoms with Crippen LogP contribution in [0.5, 0.6) is 0 Å². The van der Waals surface area contributed by atoms with E-state index in [9.17, 15) is 18.0 Å². The number of nitrogens with zero attached hydrogens (tertiary/aromatic N) is 3. The predicted molar refractivity (Wildman–Crippen MR) is 90.6 cm³/mol. The standard InChI is InChI=1S/C18H25F3N4O/c1-3-11-8-15(18(19,20)21)25-16(22-11)9-13(23-25)14-5-4-6-24(14)17(26)12-7-10(12)2/h9-12,14-15,22H,3-8H2,1-2H3/t10-,11-,12+,14+,15-/m1/s1. The normalized spacial score (nSPS) is 33.7.